The number of aliphatic hydroxyl groups excluding tert-OH is 1. The second kappa shape index (κ2) is 7.21. The van der Waals surface area contributed by atoms with E-state index in [1.54, 1.807) is 0 Å². The van der Waals surface area contributed by atoms with Crippen LogP contribution in [0.1, 0.15) is 44.6 Å². The van der Waals surface area contributed by atoms with Gasteiger partial charge in [-0.3, -0.25) is 0 Å². The maximum Gasteiger partial charge on any atom is 0.146 e. The number of benzene rings is 1. The number of anilines is 1. The fourth-order valence-electron chi connectivity index (χ4n) is 5.54. The van der Waals surface area contributed by atoms with E-state index in [1.165, 1.54) is 6.33 Å². The highest BCUT2D eigenvalue weighted by Crippen LogP contribution is 2.45. The molecule has 2 aliphatic heterocycles. The Hall–Kier alpha value is -2.64. The van der Waals surface area contributed by atoms with Crippen molar-refractivity contribution in [1.82, 2.24) is 14.5 Å². The van der Waals surface area contributed by atoms with Gasteiger partial charge in [-0.25, -0.2) is 9.97 Å². The van der Waals surface area contributed by atoms with Crippen LogP contribution in [0.3, 0.4) is 0 Å². The van der Waals surface area contributed by atoms with Gasteiger partial charge < -0.3 is 24.9 Å². The minimum Gasteiger partial charge on any atom is -0.491 e. The van der Waals surface area contributed by atoms with E-state index in [2.05, 4.69) is 32.9 Å². The van der Waals surface area contributed by atoms with E-state index in [0.717, 1.165) is 66.4 Å². The summed E-state index contributed by atoms with van der Waals surface area (Å²) in [5, 5.41) is 10.3. The summed E-state index contributed by atoms with van der Waals surface area (Å²) in [6.07, 6.45) is 10.5. The lowest BCUT2D eigenvalue weighted by atomic mass is 9.81. The molecule has 2 saturated heterocycles. The molecule has 3 fully saturated rings. The van der Waals surface area contributed by atoms with Crippen molar-refractivity contribution in [2.75, 3.05) is 18.9 Å². The molecule has 1 saturated carbocycles. The summed E-state index contributed by atoms with van der Waals surface area (Å²) in [5.74, 6) is 1.69. The second-order valence-electron chi connectivity index (χ2n) is 9.40. The summed E-state index contributed by atoms with van der Waals surface area (Å²) < 4.78 is 14.6. The van der Waals surface area contributed by atoms with Crippen LogP contribution in [0.25, 0.3) is 22.2 Å². The van der Waals surface area contributed by atoms with Crippen molar-refractivity contribution in [2.45, 2.75) is 56.3 Å². The second-order valence-corrected chi connectivity index (χ2v) is 9.40. The molecule has 2 bridgehead atoms. The molecule has 7 nitrogen and oxygen atoms in total. The van der Waals surface area contributed by atoms with Crippen LogP contribution < -0.4 is 10.5 Å². The highest BCUT2D eigenvalue weighted by atomic mass is 16.6. The van der Waals surface area contributed by atoms with E-state index in [4.69, 9.17) is 15.2 Å². The van der Waals surface area contributed by atoms with Crippen LogP contribution in [-0.2, 0) is 4.74 Å². The van der Waals surface area contributed by atoms with E-state index in [-0.39, 0.29) is 12.2 Å². The zero-order valence-corrected chi connectivity index (χ0v) is 17.5. The third-order valence-electron chi connectivity index (χ3n) is 7.41. The molecular weight excluding hydrogens is 392 g/mol. The number of ether oxygens (including phenoxy) is 2. The van der Waals surface area contributed by atoms with Crippen molar-refractivity contribution in [3.63, 3.8) is 0 Å². The van der Waals surface area contributed by atoms with Crippen LogP contribution in [0.5, 0.6) is 5.75 Å². The third-order valence-corrected chi connectivity index (χ3v) is 7.41. The molecule has 0 amide bonds. The molecule has 0 spiro atoms. The average molecular weight is 421 g/mol. The van der Waals surface area contributed by atoms with Crippen LogP contribution in [0.2, 0.25) is 0 Å². The maximum absolute atomic E-state index is 9.41. The van der Waals surface area contributed by atoms with Gasteiger partial charge in [0.2, 0.25) is 0 Å². The third kappa shape index (κ3) is 3.18. The number of fused-ring (bicyclic) bond motifs is 3. The summed E-state index contributed by atoms with van der Waals surface area (Å²) >= 11 is 0. The van der Waals surface area contributed by atoms with Crippen molar-refractivity contribution >= 4 is 16.9 Å². The molecule has 1 aromatic carbocycles. The summed E-state index contributed by atoms with van der Waals surface area (Å²) in [7, 11) is 0. The number of nitrogens with two attached hydrogens (primary N) is 1. The van der Waals surface area contributed by atoms with Crippen LogP contribution in [0, 0.1) is 5.92 Å². The monoisotopic (exact) mass is 420 g/mol. The Kier molecular flexibility index (Phi) is 4.43. The highest BCUT2D eigenvalue weighted by Gasteiger charge is 2.46. The smallest absolute Gasteiger partial charge is 0.146 e. The summed E-state index contributed by atoms with van der Waals surface area (Å²) in [4.78, 5) is 8.78. The number of rotatable bonds is 6. The van der Waals surface area contributed by atoms with Gasteiger partial charge in [0.25, 0.3) is 0 Å². The number of nitrogens with zero attached hydrogens (tertiary/aromatic N) is 3. The number of nitrogen functional groups attached to an aromatic ring is 1. The van der Waals surface area contributed by atoms with E-state index in [9.17, 15) is 5.11 Å². The predicted molar refractivity (Wildman–Crippen MR) is 118 cm³/mol. The molecule has 7 heteroatoms. The Bertz CT molecular complexity index is 1110. The molecule has 162 valence electrons. The first-order valence-corrected chi connectivity index (χ1v) is 11.3. The van der Waals surface area contributed by atoms with Crippen molar-refractivity contribution in [2.24, 2.45) is 5.92 Å². The SMILES string of the molecule is Nc1ncnc2c1c(-c1cccc(OCC34CCC(CC3)O4)c1)cn2[C@H]1C[C@@H](CO)C1. The Morgan fingerprint density at radius 1 is 1.23 bits per heavy atom. The van der Waals surface area contributed by atoms with Gasteiger partial charge in [0, 0.05) is 24.4 Å². The first-order valence-electron chi connectivity index (χ1n) is 11.3. The summed E-state index contributed by atoms with van der Waals surface area (Å²) in [6, 6.07) is 8.49. The zero-order valence-electron chi connectivity index (χ0n) is 17.5. The zero-order chi connectivity index (χ0) is 21.0. The van der Waals surface area contributed by atoms with Gasteiger partial charge in [0.15, 0.2) is 0 Å². The van der Waals surface area contributed by atoms with E-state index in [0.29, 0.717) is 30.5 Å². The molecule has 2 aromatic heterocycles. The van der Waals surface area contributed by atoms with Crippen molar-refractivity contribution in [3.8, 4) is 16.9 Å². The minimum absolute atomic E-state index is 0.0948. The lowest BCUT2D eigenvalue weighted by Crippen LogP contribution is -2.32. The first kappa shape index (κ1) is 19.1. The van der Waals surface area contributed by atoms with Crippen molar-refractivity contribution in [1.29, 1.82) is 0 Å². The lowest BCUT2D eigenvalue weighted by molar-refractivity contribution is -0.0198. The molecule has 4 heterocycles. The van der Waals surface area contributed by atoms with Crippen LogP contribution in [-0.4, -0.2) is 44.6 Å². The molecule has 3 aromatic rings. The number of hydrogen-bond acceptors (Lipinski definition) is 6. The molecular formula is C24H28N4O3. The van der Waals surface area contributed by atoms with Gasteiger partial charge >= 0.3 is 0 Å². The highest BCUT2D eigenvalue weighted by molar-refractivity contribution is 6.00. The Morgan fingerprint density at radius 3 is 2.81 bits per heavy atom. The van der Waals surface area contributed by atoms with Gasteiger partial charge in [-0.2, -0.15) is 0 Å². The molecule has 1 aliphatic carbocycles. The quantitative estimate of drug-likeness (QED) is 0.631. The van der Waals surface area contributed by atoms with Gasteiger partial charge in [-0.05, 0) is 62.1 Å². The summed E-state index contributed by atoms with van der Waals surface area (Å²) in [5.41, 5.74) is 9.10. The minimum atomic E-state index is -0.0948. The van der Waals surface area contributed by atoms with E-state index < -0.39 is 0 Å². The maximum atomic E-state index is 9.41. The average Bonchev–Trinajstić information content (AvgIpc) is 3.46. The number of aliphatic hydroxyl groups is 1. The van der Waals surface area contributed by atoms with Crippen LogP contribution in [0.4, 0.5) is 5.82 Å². The fourth-order valence-corrected chi connectivity index (χ4v) is 5.54. The van der Waals surface area contributed by atoms with E-state index >= 15 is 0 Å². The molecule has 0 radical (unpaired) electrons. The van der Waals surface area contributed by atoms with Gasteiger partial charge in [-0.15, -0.1) is 0 Å². The van der Waals surface area contributed by atoms with Crippen LogP contribution >= 0.6 is 0 Å². The molecule has 0 unspecified atom stereocenters. The van der Waals surface area contributed by atoms with Gasteiger partial charge in [0.1, 0.15) is 35.7 Å². The van der Waals surface area contributed by atoms with Crippen molar-refractivity contribution in [3.05, 3.63) is 36.8 Å². The Morgan fingerprint density at radius 2 is 2.06 bits per heavy atom. The van der Waals surface area contributed by atoms with Gasteiger partial charge in [0.05, 0.1) is 11.5 Å². The number of aromatic nitrogens is 3. The normalized spacial score (nSPS) is 29.4. The predicted octanol–water partition coefficient (Wildman–Crippen LogP) is 3.71. The molecule has 0 atom stereocenters. The Labute approximate surface area is 181 Å². The lowest BCUT2D eigenvalue weighted by Gasteiger charge is -2.35. The molecule has 3 aliphatic rings. The molecule has 3 N–H and O–H groups in total. The van der Waals surface area contributed by atoms with Crippen molar-refractivity contribution < 1.29 is 14.6 Å². The largest absolute Gasteiger partial charge is 0.491 e. The van der Waals surface area contributed by atoms with E-state index in [1.807, 2.05) is 12.1 Å². The summed E-state index contributed by atoms with van der Waals surface area (Å²) in [6.45, 7) is 0.843. The number of hydrogen-bond donors (Lipinski definition) is 2. The van der Waals surface area contributed by atoms with Gasteiger partial charge in [-0.1, -0.05) is 12.1 Å². The van der Waals surface area contributed by atoms with Crippen LogP contribution in [0.15, 0.2) is 36.8 Å². The first-order chi connectivity index (χ1) is 15.1. The Balaban J connectivity index is 1.31. The standard InChI is InChI=1S/C24H28N4O3/c25-22-21-20(11-28(23(21)27-14-26-22)17-8-15(9-17)12-29)16-2-1-3-19(10-16)30-13-24-6-4-18(31-24)5-7-24/h1-3,10-11,14-15,17-18,29H,4-9,12-13H2,(H2,25,26,27)/t15-,17+,18?,24?. The molecule has 31 heavy (non-hydrogen) atoms. The molecule has 6 rings (SSSR count). The topological polar surface area (TPSA) is 95.4 Å². The fraction of sp³-hybridized carbons (Fsp3) is 0.500.